The van der Waals surface area contributed by atoms with Crippen LogP contribution in [0.5, 0.6) is 0 Å². The first-order valence-corrected chi connectivity index (χ1v) is 7.18. The van der Waals surface area contributed by atoms with Gasteiger partial charge in [-0.05, 0) is 44.2 Å². The maximum absolute atomic E-state index is 4.53. The van der Waals surface area contributed by atoms with Crippen molar-refractivity contribution in [2.24, 2.45) is 0 Å². The molecule has 1 aromatic heterocycles. The van der Waals surface area contributed by atoms with Crippen LogP contribution in [0.4, 0.5) is 5.82 Å². The van der Waals surface area contributed by atoms with Gasteiger partial charge in [0.1, 0.15) is 5.82 Å². The lowest BCUT2D eigenvalue weighted by molar-refractivity contribution is 0.600. The molecule has 0 saturated carbocycles. The lowest BCUT2D eigenvalue weighted by Crippen LogP contribution is -2.29. The number of hydrogen-bond acceptors (Lipinski definition) is 2. The van der Waals surface area contributed by atoms with Crippen LogP contribution in [0.15, 0.2) is 18.3 Å². The van der Waals surface area contributed by atoms with Crippen molar-refractivity contribution in [1.82, 2.24) is 4.98 Å². The quantitative estimate of drug-likeness (QED) is 0.786. The number of pyridine rings is 1. The van der Waals surface area contributed by atoms with Gasteiger partial charge in [0.2, 0.25) is 0 Å². The Kier molecular flexibility index (Phi) is 4.22. The third-order valence-corrected chi connectivity index (χ3v) is 3.80. The molecule has 1 aromatic rings. The van der Waals surface area contributed by atoms with Gasteiger partial charge in [0.15, 0.2) is 0 Å². The molecule has 1 aliphatic rings. The van der Waals surface area contributed by atoms with Gasteiger partial charge in [0.05, 0.1) is 0 Å². The molecule has 0 radical (unpaired) electrons. The Morgan fingerprint density at radius 2 is 2.38 bits per heavy atom. The summed E-state index contributed by atoms with van der Waals surface area (Å²) in [6.45, 7) is 3.26. The molecule has 88 valence electrons. The van der Waals surface area contributed by atoms with E-state index in [-0.39, 0.29) is 0 Å². The molecule has 0 aromatic carbocycles. The van der Waals surface area contributed by atoms with Crippen molar-refractivity contribution in [3.63, 3.8) is 0 Å². The van der Waals surface area contributed by atoms with E-state index in [9.17, 15) is 0 Å². The maximum Gasteiger partial charge on any atom is 0.128 e. The van der Waals surface area contributed by atoms with Crippen LogP contribution < -0.4 is 4.90 Å². The highest BCUT2D eigenvalue weighted by Gasteiger charge is 2.24. The third kappa shape index (κ3) is 2.76. The largest absolute Gasteiger partial charge is 0.354 e. The molecule has 2 rings (SSSR count). The van der Waals surface area contributed by atoms with Crippen molar-refractivity contribution in [3.05, 3.63) is 23.9 Å². The molecule has 1 unspecified atom stereocenters. The Morgan fingerprint density at radius 3 is 3.06 bits per heavy atom. The Labute approximate surface area is 106 Å². The second kappa shape index (κ2) is 5.67. The van der Waals surface area contributed by atoms with Crippen LogP contribution >= 0.6 is 15.9 Å². The minimum Gasteiger partial charge on any atom is -0.354 e. The fraction of sp³-hybridized carbons (Fsp3) is 0.615. The smallest absolute Gasteiger partial charge is 0.128 e. The monoisotopic (exact) mass is 282 g/mol. The zero-order valence-corrected chi connectivity index (χ0v) is 11.4. The highest BCUT2D eigenvalue weighted by atomic mass is 79.9. The van der Waals surface area contributed by atoms with Gasteiger partial charge in [-0.1, -0.05) is 22.0 Å². The summed E-state index contributed by atoms with van der Waals surface area (Å²) in [5.41, 5.74) is 1.24. The van der Waals surface area contributed by atoms with E-state index in [1.165, 1.54) is 37.8 Å². The van der Waals surface area contributed by atoms with E-state index in [1.54, 1.807) is 0 Å². The first kappa shape index (κ1) is 11.9. The second-order valence-electron chi connectivity index (χ2n) is 4.51. The normalized spacial score (nSPS) is 20.4. The molecular formula is C13H19BrN2. The number of anilines is 1. The maximum atomic E-state index is 4.53. The van der Waals surface area contributed by atoms with E-state index in [0.29, 0.717) is 6.04 Å². The van der Waals surface area contributed by atoms with E-state index in [0.717, 1.165) is 11.1 Å². The molecule has 16 heavy (non-hydrogen) atoms. The number of alkyl halides is 1. The SMILES string of the molecule is Cc1ccc(N2CCCC2CCCBr)nc1. The summed E-state index contributed by atoms with van der Waals surface area (Å²) in [6, 6.07) is 5.01. The molecule has 2 nitrogen and oxygen atoms in total. The lowest BCUT2D eigenvalue weighted by atomic mass is 10.1. The number of halogens is 1. The molecular weight excluding hydrogens is 264 g/mol. The van der Waals surface area contributed by atoms with Gasteiger partial charge in [0, 0.05) is 24.1 Å². The summed E-state index contributed by atoms with van der Waals surface area (Å²) in [4.78, 5) is 7.01. The highest BCUT2D eigenvalue weighted by Crippen LogP contribution is 2.26. The van der Waals surface area contributed by atoms with Gasteiger partial charge in [-0.25, -0.2) is 4.98 Å². The van der Waals surface area contributed by atoms with Crippen LogP contribution in [0.2, 0.25) is 0 Å². The van der Waals surface area contributed by atoms with Gasteiger partial charge in [-0.2, -0.15) is 0 Å². The molecule has 3 heteroatoms. The molecule has 2 heterocycles. The summed E-state index contributed by atoms with van der Waals surface area (Å²) >= 11 is 3.51. The van der Waals surface area contributed by atoms with Gasteiger partial charge in [-0.15, -0.1) is 0 Å². The van der Waals surface area contributed by atoms with E-state index in [4.69, 9.17) is 0 Å². The number of rotatable bonds is 4. The Morgan fingerprint density at radius 1 is 1.50 bits per heavy atom. The van der Waals surface area contributed by atoms with E-state index < -0.39 is 0 Å². The molecule has 0 spiro atoms. The Hall–Kier alpha value is -0.570. The third-order valence-electron chi connectivity index (χ3n) is 3.24. The topological polar surface area (TPSA) is 16.1 Å². The van der Waals surface area contributed by atoms with E-state index in [1.807, 2.05) is 6.20 Å². The Balaban J connectivity index is 2.04. The van der Waals surface area contributed by atoms with Crippen LogP contribution in [0.3, 0.4) is 0 Å². The second-order valence-corrected chi connectivity index (χ2v) is 5.31. The van der Waals surface area contributed by atoms with Crippen LogP contribution in [0.1, 0.15) is 31.2 Å². The zero-order valence-electron chi connectivity index (χ0n) is 9.82. The van der Waals surface area contributed by atoms with E-state index in [2.05, 4.69) is 44.9 Å². The average molecular weight is 283 g/mol. The molecule has 0 N–H and O–H groups in total. The summed E-state index contributed by atoms with van der Waals surface area (Å²) in [5, 5.41) is 1.11. The average Bonchev–Trinajstić information content (AvgIpc) is 2.75. The number of aryl methyl sites for hydroxylation is 1. The van der Waals surface area contributed by atoms with Crippen molar-refractivity contribution in [1.29, 1.82) is 0 Å². The fourth-order valence-electron chi connectivity index (χ4n) is 2.38. The first-order valence-electron chi connectivity index (χ1n) is 6.06. The zero-order chi connectivity index (χ0) is 11.4. The van der Waals surface area contributed by atoms with Gasteiger partial charge < -0.3 is 4.90 Å². The first-order chi connectivity index (χ1) is 7.81. The Bertz CT molecular complexity index is 323. The number of aromatic nitrogens is 1. The molecule has 1 aliphatic heterocycles. The fourth-order valence-corrected chi connectivity index (χ4v) is 2.70. The molecule has 0 amide bonds. The molecule has 0 aliphatic carbocycles. The van der Waals surface area contributed by atoms with Crippen LogP contribution in [0.25, 0.3) is 0 Å². The van der Waals surface area contributed by atoms with Crippen LogP contribution in [-0.4, -0.2) is 22.9 Å². The molecule has 1 atom stereocenters. The summed E-state index contributed by atoms with van der Waals surface area (Å²) in [7, 11) is 0. The predicted molar refractivity (Wildman–Crippen MR) is 72.4 cm³/mol. The van der Waals surface area contributed by atoms with Crippen molar-refractivity contribution in [2.45, 2.75) is 38.6 Å². The predicted octanol–water partition coefficient (Wildman–Crippen LogP) is 3.53. The lowest BCUT2D eigenvalue weighted by Gasteiger charge is -2.25. The van der Waals surface area contributed by atoms with Crippen LogP contribution in [-0.2, 0) is 0 Å². The highest BCUT2D eigenvalue weighted by molar-refractivity contribution is 9.09. The van der Waals surface area contributed by atoms with Crippen molar-refractivity contribution in [2.75, 3.05) is 16.8 Å². The van der Waals surface area contributed by atoms with E-state index >= 15 is 0 Å². The van der Waals surface area contributed by atoms with Gasteiger partial charge in [-0.3, -0.25) is 0 Å². The molecule has 1 fully saturated rings. The van der Waals surface area contributed by atoms with Gasteiger partial charge in [0.25, 0.3) is 0 Å². The summed E-state index contributed by atoms with van der Waals surface area (Å²) in [6.07, 6.45) is 7.13. The van der Waals surface area contributed by atoms with Crippen molar-refractivity contribution in [3.8, 4) is 0 Å². The number of nitrogens with zero attached hydrogens (tertiary/aromatic N) is 2. The number of hydrogen-bond donors (Lipinski definition) is 0. The van der Waals surface area contributed by atoms with Crippen molar-refractivity contribution < 1.29 is 0 Å². The minimum absolute atomic E-state index is 0.702. The minimum atomic E-state index is 0.702. The van der Waals surface area contributed by atoms with Crippen molar-refractivity contribution >= 4 is 21.7 Å². The summed E-state index contributed by atoms with van der Waals surface area (Å²) < 4.78 is 0. The molecule has 0 bridgehead atoms. The standard InChI is InChI=1S/C13H19BrN2/c1-11-6-7-13(15-10-11)16-9-3-5-12(16)4-2-8-14/h6-7,10,12H,2-5,8-9H2,1H3. The van der Waals surface area contributed by atoms with Gasteiger partial charge >= 0.3 is 0 Å². The molecule has 1 saturated heterocycles. The van der Waals surface area contributed by atoms with Crippen LogP contribution in [0, 0.1) is 6.92 Å². The summed E-state index contributed by atoms with van der Waals surface area (Å²) in [5.74, 6) is 1.16.